The molecule has 33 heavy (non-hydrogen) atoms. The van der Waals surface area contributed by atoms with E-state index in [1.807, 2.05) is 52.7 Å². The van der Waals surface area contributed by atoms with Crippen LogP contribution in [0.15, 0.2) is 72.1 Å². The number of benzene rings is 2. The van der Waals surface area contributed by atoms with Crippen LogP contribution in [0.5, 0.6) is 0 Å². The van der Waals surface area contributed by atoms with Crippen molar-refractivity contribution in [3.8, 4) is 0 Å². The third-order valence-electron chi connectivity index (χ3n) is 6.15. The fraction of sp³-hybridized carbons (Fsp3) is 0.333. The highest BCUT2D eigenvalue weighted by atomic mass is 35.5. The lowest BCUT2D eigenvalue weighted by atomic mass is 9.93. The maximum absolute atomic E-state index is 13.6. The van der Waals surface area contributed by atoms with E-state index in [1.54, 1.807) is 40.5 Å². The van der Waals surface area contributed by atoms with Crippen molar-refractivity contribution in [2.24, 2.45) is 0 Å². The molecule has 6 heteroatoms. The Labute approximate surface area is 204 Å². The molecule has 0 spiro atoms. The lowest BCUT2D eigenvalue weighted by molar-refractivity contribution is -0.133. The summed E-state index contributed by atoms with van der Waals surface area (Å²) < 4.78 is 0. The Bertz CT molecular complexity index is 1050. The first kappa shape index (κ1) is 23.5. The molecule has 0 radical (unpaired) electrons. The number of hydrogen-bond acceptors (Lipinski definition) is 3. The highest BCUT2D eigenvalue weighted by molar-refractivity contribution is 7.09. The smallest absolute Gasteiger partial charge is 0.254 e. The van der Waals surface area contributed by atoms with Crippen molar-refractivity contribution in [1.29, 1.82) is 0 Å². The zero-order valence-corrected chi connectivity index (χ0v) is 20.2. The topological polar surface area (TPSA) is 40.6 Å². The second kappa shape index (κ2) is 11.5. The molecule has 1 aliphatic rings. The Morgan fingerprint density at radius 2 is 1.70 bits per heavy atom. The number of nitrogens with zero attached hydrogens (tertiary/aromatic N) is 2. The third kappa shape index (κ3) is 6.46. The molecule has 1 fully saturated rings. The molecule has 0 atom stereocenters. The summed E-state index contributed by atoms with van der Waals surface area (Å²) in [6, 6.07) is 21.2. The normalized spacial score (nSPS) is 14.1. The van der Waals surface area contributed by atoms with Gasteiger partial charge in [-0.3, -0.25) is 9.59 Å². The minimum Gasteiger partial charge on any atom is -0.332 e. The zero-order chi connectivity index (χ0) is 23.0. The second-order valence-corrected chi connectivity index (χ2v) is 10.0. The lowest BCUT2D eigenvalue weighted by Gasteiger charge is -2.35. The summed E-state index contributed by atoms with van der Waals surface area (Å²) in [7, 11) is 0. The van der Waals surface area contributed by atoms with Gasteiger partial charge in [-0.2, -0.15) is 0 Å². The monoisotopic (exact) mass is 480 g/mol. The molecule has 0 unspecified atom stereocenters. The molecule has 172 valence electrons. The molecule has 1 aliphatic carbocycles. The second-order valence-electron chi connectivity index (χ2n) is 8.55. The van der Waals surface area contributed by atoms with Crippen LogP contribution < -0.4 is 0 Å². The molecule has 1 aromatic heterocycles. The summed E-state index contributed by atoms with van der Waals surface area (Å²) in [5.74, 6) is -0.151. The Hall–Kier alpha value is -2.63. The van der Waals surface area contributed by atoms with Crippen LogP contribution in [0.2, 0.25) is 5.02 Å². The van der Waals surface area contributed by atoms with Crippen LogP contribution >= 0.6 is 22.9 Å². The molecule has 2 amide bonds. The van der Waals surface area contributed by atoms with Crippen molar-refractivity contribution >= 4 is 34.8 Å². The molecular weight excluding hydrogens is 452 g/mol. The summed E-state index contributed by atoms with van der Waals surface area (Å²) in [5, 5.41) is 2.55. The van der Waals surface area contributed by atoms with E-state index in [-0.39, 0.29) is 24.4 Å². The van der Waals surface area contributed by atoms with Crippen molar-refractivity contribution in [3.63, 3.8) is 0 Å². The maximum atomic E-state index is 13.6. The van der Waals surface area contributed by atoms with Gasteiger partial charge in [-0.1, -0.05) is 73.3 Å². The van der Waals surface area contributed by atoms with E-state index < -0.39 is 0 Å². The Morgan fingerprint density at radius 1 is 0.909 bits per heavy atom. The Kier molecular flexibility index (Phi) is 8.19. The molecule has 0 saturated heterocycles. The SMILES string of the molecule is O=C(CN(C(=O)c1cccc(Cl)c1)C1CCCCC1)N(Cc1ccccc1)Cc1cccs1. The number of halogens is 1. The quantitative estimate of drug-likeness (QED) is 0.374. The van der Waals surface area contributed by atoms with Crippen molar-refractivity contribution in [2.75, 3.05) is 6.54 Å². The van der Waals surface area contributed by atoms with Gasteiger partial charge in [0.2, 0.25) is 5.91 Å². The van der Waals surface area contributed by atoms with Gasteiger partial charge in [0.05, 0.1) is 6.54 Å². The maximum Gasteiger partial charge on any atom is 0.254 e. The minimum absolute atomic E-state index is 0.0341. The van der Waals surface area contributed by atoms with Crippen LogP contribution in [-0.4, -0.2) is 34.2 Å². The summed E-state index contributed by atoms with van der Waals surface area (Å²) in [6.07, 6.45) is 5.22. The lowest BCUT2D eigenvalue weighted by Crippen LogP contribution is -2.48. The Balaban J connectivity index is 1.57. The van der Waals surface area contributed by atoms with Crippen molar-refractivity contribution < 1.29 is 9.59 Å². The van der Waals surface area contributed by atoms with Crippen LogP contribution in [0.3, 0.4) is 0 Å². The molecule has 1 saturated carbocycles. The standard InChI is InChI=1S/C27H29ClN2O2S/c28-23-12-7-11-22(17-23)27(32)30(24-13-5-2-6-14-24)20-26(31)29(19-25-15-8-16-33-25)18-21-9-3-1-4-10-21/h1,3-4,7-12,15-17,24H,2,5-6,13-14,18-20H2. The van der Waals surface area contributed by atoms with Gasteiger partial charge in [-0.05, 0) is 48.1 Å². The van der Waals surface area contributed by atoms with Gasteiger partial charge in [0.15, 0.2) is 0 Å². The van der Waals surface area contributed by atoms with E-state index >= 15 is 0 Å². The number of carbonyl (C=O) groups is 2. The number of rotatable bonds is 8. The average Bonchev–Trinajstić information content (AvgIpc) is 3.36. The van der Waals surface area contributed by atoms with Crippen molar-refractivity contribution in [1.82, 2.24) is 9.80 Å². The van der Waals surface area contributed by atoms with E-state index in [2.05, 4.69) is 0 Å². The molecule has 1 heterocycles. The summed E-state index contributed by atoms with van der Waals surface area (Å²) in [5.41, 5.74) is 1.61. The first-order valence-electron chi connectivity index (χ1n) is 11.5. The van der Waals surface area contributed by atoms with Gasteiger partial charge < -0.3 is 9.80 Å². The number of hydrogen-bond donors (Lipinski definition) is 0. The third-order valence-corrected chi connectivity index (χ3v) is 7.25. The summed E-state index contributed by atoms with van der Waals surface area (Å²) in [6.45, 7) is 1.13. The number of carbonyl (C=O) groups excluding carboxylic acids is 2. The van der Waals surface area contributed by atoms with E-state index in [4.69, 9.17) is 11.6 Å². The largest absolute Gasteiger partial charge is 0.332 e. The summed E-state index contributed by atoms with van der Waals surface area (Å²) >= 11 is 7.80. The highest BCUT2D eigenvalue weighted by Crippen LogP contribution is 2.25. The van der Waals surface area contributed by atoms with E-state index in [0.29, 0.717) is 23.7 Å². The van der Waals surface area contributed by atoms with Crippen LogP contribution in [0.1, 0.15) is 52.9 Å². The molecule has 2 aromatic carbocycles. The van der Waals surface area contributed by atoms with E-state index in [9.17, 15) is 9.59 Å². The molecule has 0 bridgehead atoms. The van der Waals surface area contributed by atoms with Crippen LogP contribution in [0.4, 0.5) is 0 Å². The molecular formula is C27H29ClN2O2S. The zero-order valence-electron chi connectivity index (χ0n) is 18.7. The van der Waals surface area contributed by atoms with Gasteiger partial charge in [0, 0.05) is 28.0 Å². The van der Waals surface area contributed by atoms with Crippen molar-refractivity contribution in [3.05, 3.63) is 93.1 Å². The van der Waals surface area contributed by atoms with Crippen LogP contribution in [-0.2, 0) is 17.9 Å². The van der Waals surface area contributed by atoms with Crippen LogP contribution in [0.25, 0.3) is 0 Å². The number of amides is 2. The van der Waals surface area contributed by atoms with E-state index in [0.717, 1.165) is 36.1 Å². The number of thiophene rings is 1. The van der Waals surface area contributed by atoms with Crippen LogP contribution in [0, 0.1) is 0 Å². The predicted octanol–water partition coefficient (Wildman–Crippen LogP) is 6.41. The fourth-order valence-corrected chi connectivity index (χ4v) is 5.33. The van der Waals surface area contributed by atoms with Gasteiger partial charge in [0.1, 0.15) is 6.54 Å². The first-order chi connectivity index (χ1) is 16.1. The molecule has 3 aromatic rings. The van der Waals surface area contributed by atoms with Gasteiger partial charge in [0.25, 0.3) is 5.91 Å². The average molecular weight is 481 g/mol. The summed E-state index contributed by atoms with van der Waals surface area (Å²) in [4.78, 5) is 32.0. The molecule has 4 nitrogen and oxygen atoms in total. The van der Waals surface area contributed by atoms with Crippen molar-refractivity contribution in [2.45, 2.75) is 51.2 Å². The van der Waals surface area contributed by atoms with E-state index in [1.165, 1.54) is 6.42 Å². The molecule has 0 N–H and O–H groups in total. The van der Waals surface area contributed by atoms with Gasteiger partial charge >= 0.3 is 0 Å². The Morgan fingerprint density at radius 3 is 2.39 bits per heavy atom. The first-order valence-corrected chi connectivity index (χ1v) is 12.8. The van der Waals surface area contributed by atoms with Gasteiger partial charge in [-0.15, -0.1) is 11.3 Å². The molecule has 0 aliphatic heterocycles. The van der Waals surface area contributed by atoms with Gasteiger partial charge in [-0.25, -0.2) is 0 Å². The minimum atomic E-state index is -0.117. The molecule has 4 rings (SSSR count). The highest BCUT2D eigenvalue weighted by Gasteiger charge is 2.30. The predicted molar refractivity (Wildman–Crippen MR) is 134 cm³/mol. The fourth-order valence-electron chi connectivity index (χ4n) is 4.42.